The standard InChI is InChI=1S/C19H23ClFN3O3/c1-5-13(24(18(26)27)19(2,3)4)16-22-12-8-6-7-10(20)15(12)17(25)23(16)14-9-11(14)21/h6-8,11,13-14H,5,9H2,1-4H3,(H,26,27)/t11-,13-,14+/m0/s1. The van der Waals surface area contributed by atoms with Gasteiger partial charge in [0.05, 0.1) is 28.0 Å². The molecule has 3 rings (SSSR count). The quantitative estimate of drug-likeness (QED) is 0.823. The van der Waals surface area contributed by atoms with Gasteiger partial charge in [0.2, 0.25) is 0 Å². The van der Waals surface area contributed by atoms with Gasteiger partial charge in [0.15, 0.2) is 0 Å². The Bertz CT molecular complexity index is 954. The summed E-state index contributed by atoms with van der Waals surface area (Å²) in [5, 5.41) is 10.3. The number of nitrogens with zero attached hydrogens (tertiary/aromatic N) is 3. The second kappa shape index (κ2) is 6.78. The molecule has 0 aliphatic heterocycles. The van der Waals surface area contributed by atoms with Gasteiger partial charge in [0.1, 0.15) is 12.0 Å². The van der Waals surface area contributed by atoms with E-state index in [1.807, 2.05) is 6.92 Å². The number of aromatic nitrogens is 2. The third kappa shape index (κ3) is 3.40. The van der Waals surface area contributed by atoms with Crippen molar-refractivity contribution >= 4 is 28.6 Å². The molecular formula is C19H23ClFN3O3. The minimum absolute atomic E-state index is 0.212. The number of alkyl halides is 1. The molecule has 1 aromatic carbocycles. The Hall–Kier alpha value is -2.15. The first-order valence-corrected chi connectivity index (χ1v) is 9.32. The van der Waals surface area contributed by atoms with E-state index in [1.165, 1.54) is 9.47 Å². The summed E-state index contributed by atoms with van der Waals surface area (Å²) < 4.78 is 15.2. The van der Waals surface area contributed by atoms with Gasteiger partial charge in [0, 0.05) is 12.0 Å². The lowest BCUT2D eigenvalue weighted by molar-refractivity contribution is 0.0636. The highest BCUT2D eigenvalue weighted by Gasteiger charge is 2.44. The van der Waals surface area contributed by atoms with Crippen LogP contribution in [0.1, 0.15) is 58.4 Å². The van der Waals surface area contributed by atoms with Crippen molar-refractivity contribution in [1.82, 2.24) is 14.5 Å². The average Bonchev–Trinajstić information content (AvgIpc) is 3.26. The van der Waals surface area contributed by atoms with Crippen molar-refractivity contribution in [2.45, 2.75) is 64.3 Å². The Morgan fingerprint density at radius 1 is 1.48 bits per heavy atom. The van der Waals surface area contributed by atoms with Crippen molar-refractivity contribution in [2.75, 3.05) is 0 Å². The highest BCUT2D eigenvalue weighted by atomic mass is 35.5. The number of amides is 1. The van der Waals surface area contributed by atoms with E-state index in [-0.39, 0.29) is 22.7 Å². The van der Waals surface area contributed by atoms with Gasteiger partial charge in [-0.2, -0.15) is 0 Å². The molecule has 1 heterocycles. The first kappa shape index (κ1) is 19.6. The summed E-state index contributed by atoms with van der Waals surface area (Å²) in [6, 6.07) is 3.61. The first-order valence-electron chi connectivity index (χ1n) is 8.94. The highest BCUT2D eigenvalue weighted by molar-refractivity contribution is 6.35. The number of rotatable bonds is 4. The van der Waals surface area contributed by atoms with Crippen molar-refractivity contribution in [2.24, 2.45) is 0 Å². The van der Waals surface area contributed by atoms with Crippen LogP contribution in [0.25, 0.3) is 10.9 Å². The number of halogens is 2. The van der Waals surface area contributed by atoms with E-state index in [0.29, 0.717) is 11.9 Å². The van der Waals surface area contributed by atoms with E-state index < -0.39 is 35.4 Å². The van der Waals surface area contributed by atoms with Gasteiger partial charge in [-0.05, 0) is 39.3 Å². The van der Waals surface area contributed by atoms with Crippen LogP contribution in [0.15, 0.2) is 23.0 Å². The number of hydrogen-bond donors (Lipinski definition) is 1. The molecule has 6 nitrogen and oxygen atoms in total. The zero-order chi connectivity index (χ0) is 20.1. The maximum Gasteiger partial charge on any atom is 0.408 e. The van der Waals surface area contributed by atoms with Gasteiger partial charge >= 0.3 is 6.09 Å². The molecule has 1 amide bonds. The normalized spacial score (nSPS) is 20.5. The monoisotopic (exact) mass is 395 g/mol. The Kier molecular flexibility index (Phi) is 4.93. The van der Waals surface area contributed by atoms with Crippen LogP contribution in [-0.4, -0.2) is 37.4 Å². The SMILES string of the molecule is CC[C@@H](c1nc2cccc(Cl)c2c(=O)n1[C@@H]1C[C@@H]1F)N(C(=O)O)C(C)(C)C. The van der Waals surface area contributed by atoms with Crippen LogP contribution in [-0.2, 0) is 0 Å². The van der Waals surface area contributed by atoms with Crippen LogP contribution in [0.4, 0.5) is 9.18 Å². The maximum absolute atomic E-state index is 13.9. The zero-order valence-corrected chi connectivity index (χ0v) is 16.5. The molecule has 0 spiro atoms. The summed E-state index contributed by atoms with van der Waals surface area (Å²) in [5.74, 6) is 0.264. The number of fused-ring (bicyclic) bond motifs is 1. The summed E-state index contributed by atoms with van der Waals surface area (Å²) in [5.41, 5.74) is -0.771. The van der Waals surface area contributed by atoms with Crippen molar-refractivity contribution in [3.8, 4) is 0 Å². The van der Waals surface area contributed by atoms with Gasteiger partial charge < -0.3 is 5.11 Å². The number of carboxylic acid groups (broad SMARTS) is 1. The Morgan fingerprint density at radius 2 is 2.11 bits per heavy atom. The van der Waals surface area contributed by atoms with Crippen LogP contribution in [0.3, 0.4) is 0 Å². The van der Waals surface area contributed by atoms with E-state index >= 15 is 0 Å². The minimum Gasteiger partial charge on any atom is -0.465 e. The molecule has 27 heavy (non-hydrogen) atoms. The zero-order valence-electron chi connectivity index (χ0n) is 15.7. The van der Waals surface area contributed by atoms with Crippen LogP contribution in [0, 0.1) is 0 Å². The Morgan fingerprint density at radius 3 is 2.59 bits per heavy atom. The summed E-state index contributed by atoms with van der Waals surface area (Å²) >= 11 is 6.20. The smallest absolute Gasteiger partial charge is 0.408 e. The molecule has 0 saturated heterocycles. The molecular weight excluding hydrogens is 373 g/mol. The Balaban J connectivity index is 2.32. The number of hydrogen-bond acceptors (Lipinski definition) is 3. The molecule has 1 aliphatic rings. The Labute approximate surface area is 161 Å². The minimum atomic E-state index is -1.14. The fourth-order valence-electron chi connectivity index (χ4n) is 3.56. The van der Waals surface area contributed by atoms with Gasteiger partial charge in [0.25, 0.3) is 5.56 Å². The fourth-order valence-corrected chi connectivity index (χ4v) is 3.81. The summed E-state index contributed by atoms with van der Waals surface area (Å²) in [7, 11) is 0. The summed E-state index contributed by atoms with van der Waals surface area (Å²) in [6.45, 7) is 7.16. The molecule has 1 saturated carbocycles. The summed E-state index contributed by atoms with van der Waals surface area (Å²) in [6.07, 6.45) is -1.66. The van der Waals surface area contributed by atoms with Crippen LogP contribution in [0.2, 0.25) is 5.02 Å². The molecule has 0 radical (unpaired) electrons. The van der Waals surface area contributed by atoms with Crippen molar-refractivity contribution in [3.05, 3.63) is 39.4 Å². The highest BCUT2D eigenvalue weighted by Crippen LogP contribution is 2.41. The predicted molar refractivity (Wildman–Crippen MR) is 102 cm³/mol. The molecule has 0 bridgehead atoms. The fraction of sp³-hybridized carbons (Fsp3) is 0.526. The maximum atomic E-state index is 13.9. The largest absolute Gasteiger partial charge is 0.465 e. The van der Waals surface area contributed by atoms with E-state index in [1.54, 1.807) is 39.0 Å². The second-order valence-electron chi connectivity index (χ2n) is 7.85. The second-order valence-corrected chi connectivity index (χ2v) is 8.25. The van der Waals surface area contributed by atoms with Crippen LogP contribution < -0.4 is 5.56 Å². The number of carbonyl (C=O) groups is 1. The molecule has 1 fully saturated rings. The third-order valence-electron chi connectivity index (χ3n) is 4.84. The van der Waals surface area contributed by atoms with Crippen molar-refractivity contribution in [1.29, 1.82) is 0 Å². The molecule has 0 unspecified atom stereocenters. The molecule has 1 N–H and O–H groups in total. The van der Waals surface area contributed by atoms with E-state index in [4.69, 9.17) is 11.6 Å². The van der Waals surface area contributed by atoms with Gasteiger partial charge in [-0.3, -0.25) is 14.3 Å². The van der Waals surface area contributed by atoms with Gasteiger partial charge in [-0.25, -0.2) is 14.2 Å². The first-order chi connectivity index (χ1) is 12.6. The van der Waals surface area contributed by atoms with E-state index in [0.717, 1.165) is 0 Å². The average molecular weight is 396 g/mol. The predicted octanol–water partition coefficient (Wildman–Crippen LogP) is 4.56. The van der Waals surface area contributed by atoms with Gasteiger partial charge in [-0.15, -0.1) is 0 Å². The molecule has 1 aliphatic carbocycles. The van der Waals surface area contributed by atoms with Crippen molar-refractivity contribution in [3.63, 3.8) is 0 Å². The van der Waals surface area contributed by atoms with Crippen molar-refractivity contribution < 1.29 is 14.3 Å². The molecule has 3 atom stereocenters. The lowest BCUT2D eigenvalue weighted by Gasteiger charge is -2.39. The summed E-state index contributed by atoms with van der Waals surface area (Å²) in [4.78, 5) is 31.0. The topological polar surface area (TPSA) is 75.4 Å². The van der Waals surface area contributed by atoms with E-state index in [9.17, 15) is 19.1 Å². The molecule has 1 aromatic heterocycles. The van der Waals surface area contributed by atoms with E-state index in [2.05, 4.69) is 4.98 Å². The van der Waals surface area contributed by atoms with Gasteiger partial charge in [-0.1, -0.05) is 24.6 Å². The van der Waals surface area contributed by atoms with Crippen LogP contribution >= 0.6 is 11.6 Å². The lowest BCUT2D eigenvalue weighted by atomic mass is 10.0. The molecule has 2 aromatic rings. The number of benzene rings is 1. The molecule has 146 valence electrons. The molecule has 8 heteroatoms. The lowest BCUT2D eigenvalue weighted by Crippen LogP contribution is -2.48. The van der Waals surface area contributed by atoms with Crippen LogP contribution in [0.5, 0.6) is 0 Å². The third-order valence-corrected chi connectivity index (χ3v) is 5.16.